The molecule has 1 saturated carbocycles. The lowest BCUT2D eigenvalue weighted by Gasteiger charge is -2.49. The minimum Gasteiger partial charge on any atom is -0.315 e. The zero-order chi connectivity index (χ0) is 11.7. The lowest BCUT2D eigenvalue weighted by molar-refractivity contribution is 0.0520. The Balaban J connectivity index is 2.96. The number of hydrogen-bond acceptors (Lipinski definition) is 2. The molecule has 1 atom stereocenters. The number of nitrogens with zero attached hydrogens (tertiary/aromatic N) is 1. The van der Waals surface area contributed by atoms with Gasteiger partial charge in [0.15, 0.2) is 0 Å². The number of likely N-dealkylation sites (N-methyl/N-ethyl adjacent to an activating group) is 2. The maximum absolute atomic E-state index is 3.56. The molecular weight excluding hydrogens is 184 g/mol. The Morgan fingerprint density at radius 1 is 1.13 bits per heavy atom. The Bertz CT molecular complexity index is 197. The molecule has 1 aliphatic carbocycles. The van der Waals surface area contributed by atoms with Gasteiger partial charge < -0.3 is 10.2 Å². The summed E-state index contributed by atoms with van der Waals surface area (Å²) >= 11 is 0. The van der Waals surface area contributed by atoms with E-state index in [-0.39, 0.29) is 0 Å². The zero-order valence-electron chi connectivity index (χ0n) is 11.4. The van der Waals surface area contributed by atoms with Crippen LogP contribution in [0, 0.1) is 5.41 Å². The molecule has 0 amide bonds. The van der Waals surface area contributed by atoms with Gasteiger partial charge in [-0.2, -0.15) is 0 Å². The van der Waals surface area contributed by atoms with E-state index < -0.39 is 0 Å². The summed E-state index contributed by atoms with van der Waals surface area (Å²) in [4.78, 5) is 2.45. The van der Waals surface area contributed by atoms with Crippen LogP contribution in [-0.4, -0.2) is 37.6 Å². The predicted molar refractivity (Wildman–Crippen MR) is 67.2 cm³/mol. The Labute approximate surface area is 95.4 Å². The van der Waals surface area contributed by atoms with Gasteiger partial charge >= 0.3 is 0 Å². The first-order chi connectivity index (χ1) is 6.84. The van der Waals surface area contributed by atoms with Gasteiger partial charge in [-0.05, 0) is 39.4 Å². The van der Waals surface area contributed by atoms with Crippen LogP contribution < -0.4 is 5.32 Å². The topological polar surface area (TPSA) is 15.3 Å². The minimum absolute atomic E-state index is 0.323. The van der Waals surface area contributed by atoms with Crippen molar-refractivity contribution in [3.8, 4) is 0 Å². The summed E-state index contributed by atoms with van der Waals surface area (Å²) in [5.41, 5.74) is 0.691. The molecule has 0 aromatic carbocycles. The molecule has 0 bridgehead atoms. The van der Waals surface area contributed by atoms with Crippen molar-refractivity contribution in [2.45, 2.75) is 58.0 Å². The number of nitrogens with one attached hydrogen (secondary N) is 1. The van der Waals surface area contributed by atoms with Crippen molar-refractivity contribution in [3.05, 3.63) is 0 Å². The molecule has 15 heavy (non-hydrogen) atoms. The van der Waals surface area contributed by atoms with E-state index in [1.54, 1.807) is 0 Å². The molecule has 1 unspecified atom stereocenters. The lowest BCUT2D eigenvalue weighted by Crippen LogP contribution is -2.61. The third-order valence-corrected chi connectivity index (χ3v) is 4.05. The van der Waals surface area contributed by atoms with Gasteiger partial charge in [0, 0.05) is 11.6 Å². The van der Waals surface area contributed by atoms with Crippen molar-refractivity contribution < 1.29 is 0 Å². The Hall–Kier alpha value is -0.0800. The Morgan fingerprint density at radius 3 is 1.87 bits per heavy atom. The summed E-state index contributed by atoms with van der Waals surface area (Å²) in [7, 11) is 6.59. The van der Waals surface area contributed by atoms with Gasteiger partial charge in [0.05, 0.1) is 0 Å². The molecule has 2 heteroatoms. The van der Waals surface area contributed by atoms with Crippen molar-refractivity contribution in [1.29, 1.82) is 0 Å². The van der Waals surface area contributed by atoms with E-state index in [4.69, 9.17) is 0 Å². The summed E-state index contributed by atoms with van der Waals surface area (Å²) in [6, 6.07) is 0.572. The third-order valence-electron chi connectivity index (χ3n) is 4.05. The third kappa shape index (κ3) is 2.36. The SMILES string of the molecule is CNC(C(C)(C)C)C1(N(C)C)CCCC1. The Morgan fingerprint density at radius 2 is 1.60 bits per heavy atom. The molecule has 0 aromatic heterocycles. The van der Waals surface area contributed by atoms with Gasteiger partial charge in [0.2, 0.25) is 0 Å². The monoisotopic (exact) mass is 212 g/mol. The van der Waals surface area contributed by atoms with Crippen LogP contribution in [-0.2, 0) is 0 Å². The molecule has 2 nitrogen and oxygen atoms in total. The van der Waals surface area contributed by atoms with Crippen molar-refractivity contribution in [2.75, 3.05) is 21.1 Å². The predicted octanol–water partition coefficient (Wildman–Crippen LogP) is 2.49. The number of hydrogen-bond donors (Lipinski definition) is 1. The first-order valence-corrected chi connectivity index (χ1v) is 6.19. The molecule has 1 N–H and O–H groups in total. The molecule has 90 valence electrons. The molecule has 0 spiro atoms. The molecule has 1 fully saturated rings. The van der Waals surface area contributed by atoms with Gasteiger partial charge in [-0.25, -0.2) is 0 Å². The summed E-state index contributed by atoms with van der Waals surface area (Å²) < 4.78 is 0. The smallest absolute Gasteiger partial charge is 0.0361 e. The maximum atomic E-state index is 3.56. The highest BCUT2D eigenvalue weighted by atomic mass is 15.2. The van der Waals surface area contributed by atoms with E-state index in [9.17, 15) is 0 Å². The maximum Gasteiger partial charge on any atom is 0.0361 e. The van der Waals surface area contributed by atoms with Crippen LogP contribution in [0.25, 0.3) is 0 Å². The van der Waals surface area contributed by atoms with Crippen molar-refractivity contribution >= 4 is 0 Å². The molecule has 1 aliphatic rings. The van der Waals surface area contributed by atoms with Crippen LogP contribution in [0.15, 0.2) is 0 Å². The molecule has 1 rings (SSSR count). The largest absolute Gasteiger partial charge is 0.315 e. The summed E-state index contributed by atoms with van der Waals surface area (Å²) in [5, 5.41) is 3.56. The lowest BCUT2D eigenvalue weighted by atomic mass is 9.72. The summed E-state index contributed by atoms with van der Waals surface area (Å²) in [6.07, 6.45) is 5.43. The molecule has 0 saturated heterocycles. The van der Waals surface area contributed by atoms with Crippen LogP contribution in [0.3, 0.4) is 0 Å². The van der Waals surface area contributed by atoms with E-state index in [2.05, 4.69) is 52.1 Å². The minimum atomic E-state index is 0.323. The van der Waals surface area contributed by atoms with Crippen molar-refractivity contribution in [3.63, 3.8) is 0 Å². The molecule has 0 aliphatic heterocycles. The second kappa shape index (κ2) is 4.42. The van der Waals surface area contributed by atoms with E-state index in [1.807, 2.05) is 0 Å². The highest BCUT2D eigenvalue weighted by molar-refractivity contribution is 5.05. The fraction of sp³-hybridized carbons (Fsp3) is 1.00. The average molecular weight is 212 g/mol. The zero-order valence-corrected chi connectivity index (χ0v) is 11.4. The van der Waals surface area contributed by atoms with Crippen LogP contribution in [0.1, 0.15) is 46.5 Å². The first-order valence-electron chi connectivity index (χ1n) is 6.19. The quantitative estimate of drug-likeness (QED) is 0.773. The van der Waals surface area contributed by atoms with E-state index in [0.717, 1.165) is 0 Å². The second-order valence-corrected chi connectivity index (χ2v) is 6.29. The fourth-order valence-electron chi connectivity index (χ4n) is 3.49. The summed E-state index contributed by atoms with van der Waals surface area (Å²) in [6.45, 7) is 7.03. The highest BCUT2D eigenvalue weighted by Crippen LogP contribution is 2.42. The molecule has 0 radical (unpaired) electrons. The van der Waals surface area contributed by atoms with E-state index in [0.29, 0.717) is 17.0 Å². The molecule has 0 heterocycles. The van der Waals surface area contributed by atoms with E-state index >= 15 is 0 Å². The van der Waals surface area contributed by atoms with Gasteiger partial charge in [-0.1, -0.05) is 33.6 Å². The highest BCUT2D eigenvalue weighted by Gasteiger charge is 2.47. The number of rotatable bonds is 3. The average Bonchev–Trinajstić information content (AvgIpc) is 2.52. The first kappa shape index (κ1) is 13.0. The van der Waals surface area contributed by atoms with Gasteiger partial charge in [-0.15, -0.1) is 0 Å². The van der Waals surface area contributed by atoms with Gasteiger partial charge in [0.25, 0.3) is 0 Å². The van der Waals surface area contributed by atoms with Crippen LogP contribution in [0.2, 0.25) is 0 Å². The van der Waals surface area contributed by atoms with Crippen LogP contribution in [0.5, 0.6) is 0 Å². The van der Waals surface area contributed by atoms with Crippen LogP contribution in [0.4, 0.5) is 0 Å². The van der Waals surface area contributed by atoms with E-state index in [1.165, 1.54) is 25.7 Å². The van der Waals surface area contributed by atoms with Crippen molar-refractivity contribution in [1.82, 2.24) is 10.2 Å². The molecule has 0 aromatic rings. The van der Waals surface area contributed by atoms with Gasteiger partial charge in [0.1, 0.15) is 0 Å². The summed E-state index contributed by atoms with van der Waals surface area (Å²) in [5.74, 6) is 0. The molecular formula is C13H28N2. The Kier molecular flexibility index (Phi) is 3.83. The van der Waals surface area contributed by atoms with Crippen molar-refractivity contribution in [2.24, 2.45) is 5.41 Å². The van der Waals surface area contributed by atoms with Gasteiger partial charge in [-0.3, -0.25) is 0 Å². The normalized spacial score (nSPS) is 23.4. The van der Waals surface area contributed by atoms with Crippen LogP contribution >= 0.6 is 0 Å². The second-order valence-electron chi connectivity index (χ2n) is 6.29. The standard InChI is InChI=1S/C13H28N2/c1-12(2,3)11(14-4)13(15(5)6)9-7-8-10-13/h11,14H,7-10H2,1-6H3. The fourth-order valence-corrected chi connectivity index (χ4v) is 3.49.